The van der Waals surface area contributed by atoms with Crippen molar-refractivity contribution in [3.8, 4) is 11.5 Å². The van der Waals surface area contributed by atoms with E-state index < -0.39 is 0 Å². The third kappa shape index (κ3) is 3.42. The number of nitrogens with one attached hydrogen (secondary N) is 1. The molecule has 1 N–H and O–H groups in total. The van der Waals surface area contributed by atoms with Crippen molar-refractivity contribution >= 4 is 34.5 Å². The molecular formula is C17H14IN3O2. The average Bonchev–Trinajstić information content (AvgIpc) is 2.95. The molecule has 0 atom stereocenters. The number of hydrogen-bond acceptors (Lipinski definition) is 4. The maximum atomic E-state index is 12.2. The Labute approximate surface area is 147 Å². The van der Waals surface area contributed by atoms with Gasteiger partial charge >= 0.3 is 6.01 Å². The van der Waals surface area contributed by atoms with Crippen molar-refractivity contribution in [3.63, 3.8) is 0 Å². The van der Waals surface area contributed by atoms with E-state index in [2.05, 4.69) is 38.1 Å². The van der Waals surface area contributed by atoms with Crippen LogP contribution in [-0.2, 0) is 0 Å². The first-order valence-electron chi connectivity index (χ1n) is 7.01. The SMILES string of the molecule is Cc1ccc(-c2nnc(NC(=O)c3ccccc3I)o2)c(C)c1. The van der Waals surface area contributed by atoms with Gasteiger partial charge in [0, 0.05) is 9.13 Å². The fraction of sp³-hybridized carbons (Fsp3) is 0.118. The van der Waals surface area contributed by atoms with Gasteiger partial charge in [0.15, 0.2) is 0 Å². The van der Waals surface area contributed by atoms with Crippen LogP contribution in [0.15, 0.2) is 46.9 Å². The lowest BCUT2D eigenvalue weighted by Crippen LogP contribution is -2.13. The number of aryl methyl sites for hydroxylation is 2. The molecular weight excluding hydrogens is 405 g/mol. The zero-order chi connectivity index (χ0) is 16.4. The number of anilines is 1. The van der Waals surface area contributed by atoms with Gasteiger partial charge in [-0.25, -0.2) is 0 Å². The Balaban J connectivity index is 1.82. The molecule has 3 rings (SSSR count). The summed E-state index contributed by atoms with van der Waals surface area (Å²) in [5, 5.41) is 10.5. The summed E-state index contributed by atoms with van der Waals surface area (Å²) in [6.07, 6.45) is 0. The number of carbonyl (C=O) groups excluding carboxylic acids is 1. The van der Waals surface area contributed by atoms with E-state index in [9.17, 15) is 4.79 Å². The number of nitrogens with zero attached hydrogens (tertiary/aromatic N) is 2. The molecule has 1 heterocycles. The van der Waals surface area contributed by atoms with E-state index in [-0.39, 0.29) is 11.9 Å². The van der Waals surface area contributed by atoms with Gasteiger partial charge in [-0.3, -0.25) is 10.1 Å². The standard InChI is InChI=1S/C17H14IN3O2/c1-10-7-8-12(11(2)9-10)16-20-21-17(23-16)19-15(22)13-5-3-4-6-14(13)18/h3-9H,1-2H3,(H,19,21,22). The molecule has 0 bridgehead atoms. The van der Waals surface area contributed by atoms with E-state index in [0.717, 1.165) is 20.3 Å². The predicted octanol–water partition coefficient (Wildman–Crippen LogP) is 4.21. The second kappa shape index (κ2) is 6.49. The Morgan fingerprint density at radius 2 is 1.91 bits per heavy atom. The smallest absolute Gasteiger partial charge is 0.322 e. The minimum absolute atomic E-state index is 0.0876. The maximum Gasteiger partial charge on any atom is 0.322 e. The Bertz CT molecular complexity index is 874. The van der Waals surface area contributed by atoms with Crippen molar-refractivity contribution in [1.29, 1.82) is 0 Å². The lowest BCUT2D eigenvalue weighted by molar-refractivity contribution is 0.102. The highest BCUT2D eigenvalue weighted by Gasteiger charge is 2.15. The second-order valence-corrected chi connectivity index (χ2v) is 6.33. The lowest BCUT2D eigenvalue weighted by atomic mass is 10.1. The quantitative estimate of drug-likeness (QED) is 0.646. The molecule has 3 aromatic rings. The van der Waals surface area contributed by atoms with Crippen molar-refractivity contribution in [2.24, 2.45) is 0 Å². The molecule has 0 aliphatic carbocycles. The van der Waals surface area contributed by atoms with Gasteiger partial charge in [-0.2, -0.15) is 0 Å². The Morgan fingerprint density at radius 1 is 1.13 bits per heavy atom. The van der Waals surface area contributed by atoms with Crippen LogP contribution >= 0.6 is 22.6 Å². The highest BCUT2D eigenvalue weighted by atomic mass is 127. The summed E-state index contributed by atoms with van der Waals surface area (Å²) in [4.78, 5) is 12.2. The predicted molar refractivity (Wildman–Crippen MR) is 96.3 cm³/mol. The molecule has 0 spiro atoms. The second-order valence-electron chi connectivity index (χ2n) is 5.16. The van der Waals surface area contributed by atoms with E-state index in [4.69, 9.17) is 4.42 Å². The molecule has 5 nitrogen and oxygen atoms in total. The summed E-state index contributed by atoms with van der Waals surface area (Å²) in [5.41, 5.74) is 3.64. The zero-order valence-corrected chi connectivity index (χ0v) is 14.8. The van der Waals surface area contributed by atoms with Crippen LogP contribution in [0, 0.1) is 17.4 Å². The summed E-state index contributed by atoms with van der Waals surface area (Å²) in [7, 11) is 0. The van der Waals surface area contributed by atoms with Gasteiger partial charge in [-0.1, -0.05) is 34.9 Å². The molecule has 2 aromatic carbocycles. The Hall–Kier alpha value is -2.22. The van der Waals surface area contributed by atoms with Gasteiger partial charge in [0.25, 0.3) is 5.91 Å². The van der Waals surface area contributed by atoms with Gasteiger partial charge in [-0.05, 0) is 60.2 Å². The first-order valence-corrected chi connectivity index (χ1v) is 8.09. The van der Waals surface area contributed by atoms with E-state index in [1.54, 1.807) is 6.07 Å². The number of rotatable bonds is 3. The summed E-state index contributed by atoms with van der Waals surface area (Å²) in [6, 6.07) is 13.4. The van der Waals surface area contributed by atoms with Crippen molar-refractivity contribution in [2.75, 3.05) is 5.32 Å². The molecule has 0 aliphatic rings. The minimum atomic E-state index is -0.272. The fourth-order valence-corrected chi connectivity index (χ4v) is 2.88. The molecule has 0 fully saturated rings. The zero-order valence-electron chi connectivity index (χ0n) is 12.6. The largest absolute Gasteiger partial charge is 0.403 e. The van der Waals surface area contributed by atoms with E-state index in [1.165, 1.54) is 0 Å². The lowest BCUT2D eigenvalue weighted by Gasteiger charge is -2.03. The topological polar surface area (TPSA) is 68.0 Å². The van der Waals surface area contributed by atoms with Crippen LogP contribution in [-0.4, -0.2) is 16.1 Å². The van der Waals surface area contributed by atoms with Crippen molar-refractivity contribution in [3.05, 3.63) is 62.7 Å². The Morgan fingerprint density at radius 3 is 2.65 bits per heavy atom. The third-order valence-electron chi connectivity index (χ3n) is 3.38. The van der Waals surface area contributed by atoms with E-state index in [1.807, 2.05) is 50.2 Å². The summed E-state index contributed by atoms with van der Waals surface area (Å²) < 4.78 is 6.42. The fourth-order valence-electron chi connectivity index (χ4n) is 2.25. The summed E-state index contributed by atoms with van der Waals surface area (Å²) >= 11 is 2.11. The van der Waals surface area contributed by atoms with Crippen molar-refractivity contribution in [2.45, 2.75) is 13.8 Å². The van der Waals surface area contributed by atoms with Gasteiger partial charge in [0.05, 0.1) is 5.56 Å². The molecule has 23 heavy (non-hydrogen) atoms. The van der Waals surface area contributed by atoms with Crippen LogP contribution in [0.25, 0.3) is 11.5 Å². The molecule has 1 aromatic heterocycles. The molecule has 1 amide bonds. The van der Waals surface area contributed by atoms with Crippen molar-refractivity contribution in [1.82, 2.24) is 10.2 Å². The maximum absolute atomic E-state index is 12.2. The number of benzene rings is 2. The van der Waals surface area contributed by atoms with Gasteiger partial charge in [0.2, 0.25) is 5.89 Å². The number of halogens is 1. The van der Waals surface area contributed by atoms with E-state index in [0.29, 0.717) is 11.5 Å². The molecule has 0 radical (unpaired) electrons. The first-order chi connectivity index (χ1) is 11.0. The summed E-state index contributed by atoms with van der Waals surface area (Å²) in [6.45, 7) is 4.01. The van der Waals surface area contributed by atoms with Crippen LogP contribution < -0.4 is 5.32 Å². The number of amides is 1. The highest BCUT2D eigenvalue weighted by Crippen LogP contribution is 2.24. The van der Waals surface area contributed by atoms with E-state index >= 15 is 0 Å². The normalized spacial score (nSPS) is 10.6. The molecule has 0 unspecified atom stereocenters. The van der Waals surface area contributed by atoms with Crippen LogP contribution in [0.2, 0.25) is 0 Å². The first kappa shape index (κ1) is 15.7. The molecule has 116 valence electrons. The number of aromatic nitrogens is 2. The molecule has 0 saturated heterocycles. The molecule has 6 heteroatoms. The van der Waals surface area contributed by atoms with Crippen LogP contribution in [0.5, 0.6) is 0 Å². The molecule has 0 aliphatic heterocycles. The van der Waals surface area contributed by atoms with Gasteiger partial charge in [-0.15, -0.1) is 5.10 Å². The summed E-state index contributed by atoms with van der Waals surface area (Å²) in [5.74, 6) is 0.117. The molecule has 0 saturated carbocycles. The van der Waals surface area contributed by atoms with Gasteiger partial charge in [0.1, 0.15) is 0 Å². The Kier molecular flexibility index (Phi) is 4.42. The van der Waals surface area contributed by atoms with Crippen LogP contribution in [0.4, 0.5) is 6.01 Å². The number of carbonyl (C=O) groups is 1. The average molecular weight is 419 g/mol. The van der Waals surface area contributed by atoms with Crippen LogP contribution in [0.1, 0.15) is 21.5 Å². The van der Waals surface area contributed by atoms with Gasteiger partial charge < -0.3 is 4.42 Å². The third-order valence-corrected chi connectivity index (χ3v) is 4.32. The monoisotopic (exact) mass is 419 g/mol. The minimum Gasteiger partial charge on any atom is -0.403 e. The number of hydrogen-bond donors (Lipinski definition) is 1. The highest BCUT2D eigenvalue weighted by molar-refractivity contribution is 14.1. The van der Waals surface area contributed by atoms with Crippen molar-refractivity contribution < 1.29 is 9.21 Å². The van der Waals surface area contributed by atoms with Crippen LogP contribution in [0.3, 0.4) is 0 Å².